The van der Waals surface area contributed by atoms with Crippen LogP contribution in [-0.4, -0.2) is 15.9 Å². The number of benzene rings is 2. The molecule has 5 nitrogen and oxygen atoms in total. The lowest BCUT2D eigenvalue weighted by atomic mass is 9.88. The average Bonchev–Trinajstić information content (AvgIpc) is 2.80. The predicted octanol–water partition coefficient (Wildman–Crippen LogP) is 5.02. The van der Waals surface area contributed by atoms with E-state index in [1.807, 2.05) is 0 Å². The van der Waals surface area contributed by atoms with Crippen molar-refractivity contribution in [2.24, 2.45) is 5.73 Å². The number of nitrogens with two attached hydrogens (primary N) is 1. The molecular weight excluding hydrogens is 467 g/mol. The third-order valence-electron chi connectivity index (χ3n) is 5.64. The van der Waals surface area contributed by atoms with Gasteiger partial charge >= 0.3 is 6.18 Å². The molecule has 4 aromatic rings. The van der Waals surface area contributed by atoms with Gasteiger partial charge < -0.3 is 11.1 Å². The fraction of sp³-hybridized carbons (Fsp3) is 0.160. The van der Waals surface area contributed by atoms with E-state index in [1.54, 1.807) is 30.5 Å². The van der Waals surface area contributed by atoms with Crippen LogP contribution in [0.25, 0.3) is 10.9 Å². The number of pyridine rings is 2. The summed E-state index contributed by atoms with van der Waals surface area (Å²) in [7, 11) is 0. The molecule has 3 N–H and O–H groups in total. The van der Waals surface area contributed by atoms with Gasteiger partial charge in [-0.25, -0.2) is 8.78 Å². The third-order valence-corrected chi connectivity index (χ3v) is 5.64. The molecule has 2 aromatic carbocycles. The van der Waals surface area contributed by atoms with E-state index >= 15 is 0 Å². The smallest absolute Gasteiger partial charge is 0.330 e. The number of fused-ring (bicyclic) bond motifs is 1. The minimum atomic E-state index is -4.60. The lowest BCUT2D eigenvalue weighted by Crippen LogP contribution is -2.55. The van der Waals surface area contributed by atoms with E-state index in [4.69, 9.17) is 5.73 Å². The Kier molecular flexibility index (Phi) is 6.25. The van der Waals surface area contributed by atoms with Gasteiger partial charge in [0, 0.05) is 29.1 Å². The Morgan fingerprint density at radius 2 is 1.74 bits per heavy atom. The number of carbonyl (C=O) groups is 1. The molecule has 0 bridgehead atoms. The topological polar surface area (TPSA) is 80.9 Å². The summed E-state index contributed by atoms with van der Waals surface area (Å²) in [5.74, 6) is -2.70. The molecule has 1 amide bonds. The van der Waals surface area contributed by atoms with Crippen molar-refractivity contribution in [3.63, 3.8) is 0 Å². The van der Waals surface area contributed by atoms with Crippen LogP contribution in [0.2, 0.25) is 0 Å². The average molecular weight is 486 g/mol. The van der Waals surface area contributed by atoms with Crippen molar-refractivity contribution < 1.29 is 26.7 Å². The highest BCUT2D eigenvalue weighted by molar-refractivity contribution is 5.98. The molecule has 2 aromatic heterocycles. The molecule has 1 atom stereocenters. The summed E-state index contributed by atoms with van der Waals surface area (Å²) in [6.07, 6.45) is -2.02. The van der Waals surface area contributed by atoms with Gasteiger partial charge in [-0.2, -0.15) is 13.2 Å². The van der Waals surface area contributed by atoms with Gasteiger partial charge in [0.15, 0.2) is 0 Å². The number of nitrogens with zero attached hydrogens (tertiary/aromatic N) is 2. The first-order valence-corrected chi connectivity index (χ1v) is 10.4. The van der Waals surface area contributed by atoms with E-state index in [2.05, 4.69) is 15.3 Å². The Labute approximate surface area is 196 Å². The second-order valence-electron chi connectivity index (χ2n) is 8.12. The van der Waals surface area contributed by atoms with Crippen LogP contribution in [0, 0.1) is 18.6 Å². The number of aryl methyl sites for hydroxylation is 1. The maximum Gasteiger partial charge on any atom is 0.416 e. The van der Waals surface area contributed by atoms with Crippen LogP contribution < -0.4 is 11.1 Å². The van der Waals surface area contributed by atoms with Gasteiger partial charge in [-0.15, -0.1) is 0 Å². The quantitative estimate of drug-likeness (QED) is 0.307. The van der Waals surface area contributed by atoms with Gasteiger partial charge in [-0.3, -0.25) is 14.8 Å². The lowest BCUT2D eigenvalue weighted by molar-refractivity contribution is -0.137. The highest BCUT2D eigenvalue weighted by Gasteiger charge is 2.36. The zero-order chi connectivity index (χ0) is 25.4. The predicted molar refractivity (Wildman–Crippen MR) is 119 cm³/mol. The molecule has 0 saturated carbocycles. The fourth-order valence-electron chi connectivity index (χ4n) is 3.92. The molecule has 0 aliphatic heterocycles. The van der Waals surface area contributed by atoms with E-state index in [0.29, 0.717) is 10.9 Å². The molecule has 2 heterocycles. The normalized spacial score (nSPS) is 13.5. The maximum absolute atomic E-state index is 14.4. The first-order valence-electron chi connectivity index (χ1n) is 10.4. The van der Waals surface area contributed by atoms with Crippen molar-refractivity contribution in [3.8, 4) is 0 Å². The van der Waals surface area contributed by atoms with Crippen LogP contribution >= 0.6 is 0 Å². The van der Waals surface area contributed by atoms with E-state index in [1.165, 1.54) is 13.0 Å². The monoisotopic (exact) mass is 486 g/mol. The summed E-state index contributed by atoms with van der Waals surface area (Å²) >= 11 is 0. The number of halogens is 5. The number of nitrogens with one attached hydrogen (secondary N) is 1. The molecule has 1 unspecified atom stereocenters. The molecular formula is C25H19F5N4O. The Hall–Kier alpha value is -3.92. The van der Waals surface area contributed by atoms with Gasteiger partial charge in [-0.1, -0.05) is 12.1 Å². The summed E-state index contributed by atoms with van der Waals surface area (Å²) < 4.78 is 68.4. The zero-order valence-corrected chi connectivity index (χ0v) is 18.3. The van der Waals surface area contributed by atoms with Crippen molar-refractivity contribution in [2.75, 3.05) is 0 Å². The number of alkyl halides is 3. The van der Waals surface area contributed by atoms with Crippen LogP contribution in [0.1, 0.15) is 32.6 Å². The third kappa shape index (κ3) is 4.97. The van der Waals surface area contributed by atoms with Crippen LogP contribution in [0.5, 0.6) is 0 Å². The van der Waals surface area contributed by atoms with Crippen molar-refractivity contribution in [1.29, 1.82) is 0 Å². The number of rotatable bonds is 5. The largest absolute Gasteiger partial charge is 0.416 e. The standard InChI is InChI=1S/C25H19F5N4O/c1-14-9-17(25(28,29)30)5-6-19(14)24(31,11-18-20(26)12-32-13-21(18)27)34-23(35)16-4-7-22-15(10-16)3-2-8-33-22/h2-10,12-13H,11,31H2,1H3,(H,34,35). The number of aromatic nitrogens is 2. The summed E-state index contributed by atoms with van der Waals surface area (Å²) in [6, 6.07) is 10.9. The van der Waals surface area contributed by atoms with Gasteiger partial charge in [0.2, 0.25) is 0 Å². The highest BCUT2D eigenvalue weighted by atomic mass is 19.4. The first-order chi connectivity index (χ1) is 16.5. The van der Waals surface area contributed by atoms with E-state index in [0.717, 1.165) is 30.6 Å². The van der Waals surface area contributed by atoms with E-state index in [9.17, 15) is 26.7 Å². The Balaban J connectivity index is 1.78. The molecule has 180 valence electrons. The van der Waals surface area contributed by atoms with Crippen molar-refractivity contribution in [3.05, 3.63) is 107 Å². The minimum Gasteiger partial charge on any atom is -0.330 e. The van der Waals surface area contributed by atoms with Crippen molar-refractivity contribution >= 4 is 16.8 Å². The van der Waals surface area contributed by atoms with Gasteiger partial charge in [0.05, 0.1) is 23.5 Å². The molecule has 0 spiro atoms. The Morgan fingerprint density at radius 1 is 1.03 bits per heavy atom. The molecule has 10 heteroatoms. The van der Waals surface area contributed by atoms with E-state index < -0.39 is 46.9 Å². The summed E-state index contributed by atoms with van der Waals surface area (Å²) in [6.45, 7) is 1.37. The van der Waals surface area contributed by atoms with Crippen LogP contribution in [0.3, 0.4) is 0 Å². The summed E-state index contributed by atoms with van der Waals surface area (Å²) in [5, 5.41) is 3.24. The van der Waals surface area contributed by atoms with Crippen LogP contribution in [0.4, 0.5) is 22.0 Å². The molecule has 35 heavy (non-hydrogen) atoms. The molecule has 4 rings (SSSR count). The number of hydrogen-bond acceptors (Lipinski definition) is 4. The van der Waals surface area contributed by atoms with Gasteiger partial charge in [-0.05, 0) is 54.4 Å². The Bertz CT molecular complexity index is 1400. The number of amides is 1. The molecule has 0 aliphatic carbocycles. The molecule has 0 saturated heterocycles. The molecule has 0 aliphatic rings. The van der Waals surface area contributed by atoms with Gasteiger partial charge in [0.25, 0.3) is 5.91 Å². The maximum atomic E-state index is 14.4. The van der Waals surface area contributed by atoms with Crippen molar-refractivity contribution in [1.82, 2.24) is 15.3 Å². The highest BCUT2D eigenvalue weighted by Crippen LogP contribution is 2.33. The van der Waals surface area contributed by atoms with Crippen molar-refractivity contribution in [2.45, 2.75) is 25.2 Å². The SMILES string of the molecule is Cc1cc(C(F)(F)F)ccc1C(N)(Cc1c(F)cncc1F)NC(=O)c1ccc2ncccc2c1. The second kappa shape index (κ2) is 9.03. The second-order valence-corrected chi connectivity index (χ2v) is 8.12. The number of hydrogen-bond donors (Lipinski definition) is 2. The lowest BCUT2D eigenvalue weighted by Gasteiger charge is -2.33. The number of carbonyl (C=O) groups excluding carboxylic acids is 1. The molecule has 0 radical (unpaired) electrons. The zero-order valence-electron chi connectivity index (χ0n) is 18.3. The minimum absolute atomic E-state index is 0.0666. The Morgan fingerprint density at radius 3 is 2.40 bits per heavy atom. The van der Waals surface area contributed by atoms with Crippen LogP contribution in [0.15, 0.2) is 67.1 Å². The summed E-state index contributed by atoms with van der Waals surface area (Å²) in [5.41, 5.74) is 4.14. The van der Waals surface area contributed by atoms with E-state index in [-0.39, 0.29) is 16.7 Å². The van der Waals surface area contributed by atoms with Crippen LogP contribution in [-0.2, 0) is 18.3 Å². The van der Waals surface area contributed by atoms with Gasteiger partial charge in [0.1, 0.15) is 17.3 Å². The first kappa shape index (κ1) is 24.2. The summed E-state index contributed by atoms with van der Waals surface area (Å²) in [4.78, 5) is 20.8. The fourth-order valence-corrected chi connectivity index (χ4v) is 3.92. The molecule has 0 fully saturated rings.